The van der Waals surface area contributed by atoms with Crippen molar-refractivity contribution in [3.05, 3.63) is 54.4 Å². The average Bonchev–Trinajstić information content (AvgIpc) is 2.57. The van der Waals surface area contributed by atoms with Crippen molar-refractivity contribution >= 4 is 17.3 Å². The topological polar surface area (TPSA) is 36.2 Å². The smallest absolute Gasteiger partial charge is 0.230 e. The van der Waals surface area contributed by atoms with Crippen LogP contribution in [0.25, 0.3) is 0 Å². The summed E-state index contributed by atoms with van der Waals surface area (Å²) >= 11 is 0. The van der Waals surface area contributed by atoms with E-state index in [2.05, 4.69) is 43.1 Å². The summed E-state index contributed by atoms with van der Waals surface area (Å²) in [5.74, 6) is 0.0358. The third-order valence-corrected chi connectivity index (χ3v) is 3.93. The minimum Gasteiger partial charge on any atom is -0.372 e. The molecule has 0 atom stereocenters. The van der Waals surface area contributed by atoms with Crippen LogP contribution in [0.2, 0.25) is 0 Å². The second kappa shape index (κ2) is 8.32. The number of rotatable bonds is 7. The molecule has 0 saturated carbocycles. The average molecular weight is 312 g/mol. The van der Waals surface area contributed by atoms with Gasteiger partial charge in [-0.15, -0.1) is 0 Å². The van der Waals surface area contributed by atoms with Crippen LogP contribution in [0.1, 0.15) is 25.8 Å². The molecular formula is C19H26N3O+. The monoisotopic (exact) mass is 312 g/mol. The molecule has 2 aromatic rings. The number of nitrogens with zero attached hydrogens (tertiary/aromatic N) is 2. The van der Waals surface area contributed by atoms with E-state index in [0.717, 1.165) is 18.8 Å². The molecule has 0 radical (unpaired) electrons. The van der Waals surface area contributed by atoms with E-state index < -0.39 is 0 Å². The maximum atomic E-state index is 12.0. The summed E-state index contributed by atoms with van der Waals surface area (Å²) in [4.78, 5) is 14.3. The SMILES string of the molecule is CCN(CC)c1ccc(NC(=O)CC[n+]2ccc(C)cc2)cc1. The first-order chi connectivity index (χ1) is 11.1. The molecule has 0 unspecified atom stereocenters. The molecule has 0 bridgehead atoms. The zero-order valence-electron chi connectivity index (χ0n) is 14.2. The summed E-state index contributed by atoms with van der Waals surface area (Å²) in [5.41, 5.74) is 3.25. The molecule has 1 amide bonds. The number of aromatic nitrogens is 1. The van der Waals surface area contributed by atoms with Crippen LogP contribution >= 0.6 is 0 Å². The number of hydrogen-bond donors (Lipinski definition) is 1. The van der Waals surface area contributed by atoms with Gasteiger partial charge in [-0.25, -0.2) is 4.57 Å². The van der Waals surface area contributed by atoms with Gasteiger partial charge in [-0.05, 0) is 50.6 Å². The first kappa shape index (κ1) is 17.0. The molecule has 0 fully saturated rings. The van der Waals surface area contributed by atoms with Gasteiger partial charge in [0.05, 0.1) is 6.42 Å². The molecule has 0 aliphatic carbocycles. The Morgan fingerprint density at radius 2 is 1.65 bits per heavy atom. The van der Waals surface area contributed by atoms with Gasteiger partial charge in [0.1, 0.15) is 0 Å². The van der Waals surface area contributed by atoms with Gasteiger partial charge in [0.25, 0.3) is 0 Å². The van der Waals surface area contributed by atoms with Crippen LogP contribution < -0.4 is 14.8 Å². The Bertz CT molecular complexity index is 616. The van der Waals surface area contributed by atoms with Gasteiger partial charge in [-0.1, -0.05) is 0 Å². The number of anilines is 2. The first-order valence-corrected chi connectivity index (χ1v) is 8.23. The quantitative estimate of drug-likeness (QED) is 0.797. The molecule has 2 rings (SSSR count). The number of nitrogens with one attached hydrogen (secondary N) is 1. The highest BCUT2D eigenvalue weighted by Gasteiger charge is 2.07. The zero-order valence-corrected chi connectivity index (χ0v) is 14.2. The maximum absolute atomic E-state index is 12.0. The highest BCUT2D eigenvalue weighted by molar-refractivity contribution is 5.90. The van der Waals surface area contributed by atoms with Crippen LogP contribution in [0.4, 0.5) is 11.4 Å². The lowest BCUT2D eigenvalue weighted by Crippen LogP contribution is -2.34. The summed E-state index contributed by atoms with van der Waals surface area (Å²) < 4.78 is 2.02. The zero-order chi connectivity index (χ0) is 16.7. The van der Waals surface area contributed by atoms with Gasteiger partial charge in [0.15, 0.2) is 18.9 Å². The number of carbonyl (C=O) groups is 1. The number of amides is 1. The van der Waals surface area contributed by atoms with Gasteiger partial charge < -0.3 is 10.2 Å². The summed E-state index contributed by atoms with van der Waals surface area (Å²) in [5, 5.41) is 2.95. The highest BCUT2D eigenvalue weighted by Crippen LogP contribution is 2.17. The molecule has 4 heteroatoms. The molecular weight excluding hydrogens is 286 g/mol. The summed E-state index contributed by atoms with van der Waals surface area (Å²) in [7, 11) is 0. The molecule has 4 nitrogen and oxygen atoms in total. The minimum absolute atomic E-state index is 0.0358. The van der Waals surface area contributed by atoms with Crippen LogP contribution in [0.15, 0.2) is 48.8 Å². The third-order valence-electron chi connectivity index (χ3n) is 3.93. The van der Waals surface area contributed by atoms with Crippen molar-refractivity contribution in [2.24, 2.45) is 0 Å². The van der Waals surface area contributed by atoms with Gasteiger partial charge >= 0.3 is 0 Å². The number of carbonyl (C=O) groups excluding carboxylic acids is 1. The molecule has 0 aliphatic heterocycles. The fourth-order valence-corrected chi connectivity index (χ4v) is 2.48. The molecule has 23 heavy (non-hydrogen) atoms. The Balaban J connectivity index is 1.86. The van der Waals surface area contributed by atoms with E-state index in [0.29, 0.717) is 13.0 Å². The lowest BCUT2D eigenvalue weighted by atomic mass is 10.2. The van der Waals surface area contributed by atoms with E-state index in [1.54, 1.807) is 0 Å². The fraction of sp³-hybridized carbons (Fsp3) is 0.368. The van der Waals surface area contributed by atoms with E-state index in [9.17, 15) is 4.79 Å². The Kier molecular flexibility index (Phi) is 6.15. The van der Waals surface area contributed by atoms with Crippen molar-refractivity contribution in [2.75, 3.05) is 23.3 Å². The Morgan fingerprint density at radius 1 is 1.04 bits per heavy atom. The largest absolute Gasteiger partial charge is 0.372 e. The summed E-state index contributed by atoms with van der Waals surface area (Å²) in [6, 6.07) is 12.1. The molecule has 1 aromatic heterocycles. The number of pyridine rings is 1. The molecule has 1 aromatic carbocycles. The van der Waals surface area contributed by atoms with Gasteiger partial charge in [0.2, 0.25) is 5.91 Å². The predicted molar refractivity (Wildman–Crippen MR) is 94.6 cm³/mol. The van der Waals surface area contributed by atoms with E-state index in [1.165, 1.54) is 11.3 Å². The van der Waals surface area contributed by atoms with Crippen LogP contribution in [0, 0.1) is 6.92 Å². The van der Waals surface area contributed by atoms with E-state index in [4.69, 9.17) is 0 Å². The first-order valence-electron chi connectivity index (χ1n) is 8.23. The predicted octanol–water partition coefficient (Wildman–Crippen LogP) is 3.16. The van der Waals surface area contributed by atoms with Gasteiger partial charge in [-0.2, -0.15) is 0 Å². The van der Waals surface area contributed by atoms with Crippen molar-refractivity contribution in [1.82, 2.24) is 0 Å². The highest BCUT2D eigenvalue weighted by atomic mass is 16.1. The number of hydrogen-bond acceptors (Lipinski definition) is 2. The van der Waals surface area contributed by atoms with Crippen LogP contribution in [-0.4, -0.2) is 19.0 Å². The van der Waals surface area contributed by atoms with Gasteiger partial charge in [-0.3, -0.25) is 4.79 Å². The molecule has 0 saturated heterocycles. The molecule has 1 N–H and O–H groups in total. The van der Waals surface area contributed by atoms with Crippen molar-refractivity contribution < 1.29 is 9.36 Å². The lowest BCUT2D eigenvalue weighted by Gasteiger charge is -2.21. The van der Waals surface area contributed by atoms with E-state index in [1.807, 2.05) is 41.2 Å². The number of aryl methyl sites for hydroxylation is 2. The minimum atomic E-state index is 0.0358. The fourth-order valence-electron chi connectivity index (χ4n) is 2.48. The molecule has 122 valence electrons. The summed E-state index contributed by atoms with van der Waals surface area (Å²) in [6.45, 7) is 8.98. The standard InChI is InChI=1S/C19H25N3O/c1-4-22(5-2)18-8-6-17(7-9-18)20-19(23)12-15-21-13-10-16(3)11-14-21/h6-11,13-14H,4-5,12,15H2,1-3H3/p+1. The van der Waals surface area contributed by atoms with Crippen LogP contribution in [0.5, 0.6) is 0 Å². The van der Waals surface area contributed by atoms with Crippen molar-refractivity contribution in [1.29, 1.82) is 0 Å². The Labute approximate surface area is 138 Å². The number of benzene rings is 1. The van der Waals surface area contributed by atoms with Gasteiger partial charge in [0, 0.05) is 36.6 Å². The normalized spacial score (nSPS) is 10.4. The maximum Gasteiger partial charge on any atom is 0.230 e. The van der Waals surface area contributed by atoms with Crippen molar-refractivity contribution in [3.63, 3.8) is 0 Å². The molecule has 0 spiro atoms. The van der Waals surface area contributed by atoms with Crippen molar-refractivity contribution in [2.45, 2.75) is 33.7 Å². The van der Waals surface area contributed by atoms with Crippen molar-refractivity contribution in [3.8, 4) is 0 Å². The van der Waals surface area contributed by atoms with E-state index in [-0.39, 0.29) is 5.91 Å². The lowest BCUT2D eigenvalue weighted by molar-refractivity contribution is -0.695. The van der Waals surface area contributed by atoms with Crippen LogP contribution in [0.3, 0.4) is 0 Å². The van der Waals surface area contributed by atoms with Crippen LogP contribution in [-0.2, 0) is 11.3 Å². The summed E-state index contributed by atoms with van der Waals surface area (Å²) in [6.07, 6.45) is 4.47. The Morgan fingerprint density at radius 3 is 2.22 bits per heavy atom. The Hall–Kier alpha value is -2.36. The molecule has 0 aliphatic rings. The molecule has 1 heterocycles. The second-order valence-electron chi connectivity index (χ2n) is 5.63. The van der Waals surface area contributed by atoms with E-state index >= 15 is 0 Å². The third kappa shape index (κ3) is 5.09. The second-order valence-corrected chi connectivity index (χ2v) is 5.63.